The molecule has 0 saturated heterocycles. The van der Waals surface area contributed by atoms with Gasteiger partial charge in [0.15, 0.2) is 11.5 Å². The highest BCUT2D eigenvalue weighted by molar-refractivity contribution is 7.89. The van der Waals surface area contributed by atoms with Gasteiger partial charge >= 0.3 is 5.97 Å². The number of methoxy groups -OCH3 is 4. The SMILES string of the molecule is COC(=O)C=Cc1cccc(S(=O)(=O)NCc2cc(OC)c(OC)c(OC)c2)c1. The van der Waals surface area contributed by atoms with Gasteiger partial charge in [0.25, 0.3) is 0 Å². The topological polar surface area (TPSA) is 100 Å². The molecule has 0 atom stereocenters. The van der Waals surface area contributed by atoms with Crippen LogP contribution < -0.4 is 18.9 Å². The Bertz CT molecular complexity index is 975. The number of nitrogens with one attached hydrogen (secondary N) is 1. The van der Waals surface area contributed by atoms with Crippen molar-refractivity contribution in [1.29, 1.82) is 0 Å². The Morgan fingerprint density at radius 1 is 1.00 bits per heavy atom. The molecular formula is C20H23NO7S. The lowest BCUT2D eigenvalue weighted by Crippen LogP contribution is -2.23. The van der Waals surface area contributed by atoms with E-state index in [1.54, 1.807) is 24.3 Å². The number of ether oxygens (including phenoxy) is 4. The van der Waals surface area contributed by atoms with E-state index in [1.807, 2.05) is 0 Å². The van der Waals surface area contributed by atoms with E-state index in [4.69, 9.17) is 14.2 Å². The first kappa shape index (κ1) is 22.3. The zero-order chi connectivity index (χ0) is 21.4. The highest BCUT2D eigenvalue weighted by Gasteiger charge is 2.17. The molecule has 0 aromatic heterocycles. The molecule has 156 valence electrons. The van der Waals surface area contributed by atoms with Crippen LogP contribution in [0.5, 0.6) is 17.2 Å². The fraction of sp³-hybridized carbons (Fsp3) is 0.250. The first-order valence-electron chi connectivity index (χ1n) is 8.49. The van der Waals surface area contributed by atoms with Crippen molar-refractivity contribution in [3.63, 3.8) is 0 Å². The van der Waals surface area contributed by atoms with E-state index in [9.17, 15) is 13.2 Å². The molecule has 0 aliphatic rings. The van der Waals surface area contributed by atoms with E-state index in [-0.39, 0.29) is 11.4 Å². The third-order valence-corrected chi connectivity index (χ3v) is 5.37. The average molecular weight is 421 g/mol. The number of carbonyl (C=O) groups excluding carboxylic acids is 1. The lowest BCUT2D eigenvalue weighted by atomic mass is 10.2. The number of carbonyl (C=O) groups is 1. The Kier molecular flexibility index (Phi) is 7.63. The van der Waals surface area contributed by atoms with E-state index in [2.05, 4.69) is 9.46 Å². The Hall–Kier alpha value is -3.04. The van der Waals surface area contributed by atoms with Crippen LogP contribution in [0, 0.1) is 0 Å². The van der Waals surface area contributed by atoms with Gasteiger partial charge in [0.1, 0.15) is 0 Å². The third kappa shape index (κ3) is 5.72. The minimum Gasteiger partial charge on any atom is -0.493 e. The minimum absolute atomic E-state index is 0.0152. The molecule has 0 heterocycles. The van der Waals surface area contributed by atoms with Gasteiger partial charge in [-0.25, -0.2) is 17.9 Å². The summed E-state index contributed by atoms with van der Waals surface area (Å²) in [5.41, 5.74) is 1.18. The lowest BCUT2D eigenvalue weighted by molar-refractivity contribution is -0.134. The van der Waals surface area contributed by atoms with Gasteiger partial charge in [-0.15, -0.1) is 0 Å². The Morgan fingerprint density at radius 2 is 1.66 bits per heavy atom. The van der Waals surface area contributed by atoms with Crippen molar-refractivity contribution in [3.8, 4) is 17.2 Å². The van der Waals surface area contributed by atoms with Crippen LogP contribution >= 0.6 is 0 Å². The molecule has 0 radical (unpaired) electrons. The zero-order valence-electron chi connectivity index (χ0n) is 16.6. The van der Waals surface area contributed by atoms with Gasteiger partial charge in [0, 0.05) is 12.6 Å². The Labute approximate surface area is 170 Å². The normalized spacial score (nSPS) is 11.3. The summed E-state index contributed by atoms with van der Waals surface area (Å²) in [4.78, 5) is 11.3. The molecule has 2 aromatic carbocycles. The van der Waals surface area contributed by atoms with Crippen molar-refractivity contribution >= 4 is 22.1 Å². The van der Waals surface area contributed by atoms with Crippen molar-refractivity contribution in [2.24, 2.45) is 0 Å². The maximum atomic E-state index is 12.7. The molecule has 0 bridgehead atoms. The van der Waals surface area contributed by atoms with Crippen molar-refractivity contribution in [1.82, 2.24) is 4.72 Å². The summed E-state index contributed by atoms with van der Waals surface area (Å²) >= 11 is 0. The van der Waals surface area contributed by atoms with Gasteiger partial charge in [-0.2, -0.15) is 0 Å². The number of rotatable bonds is 9. The molecule has 9 heteroatoms. The zero-order valence-corrected chi connectivity index (χ0v) is 17.4. The van der Waals surface area contributed by atoms with Crippen molar-refractivity contribution < 1.29 is 32.2 Å². The van der Waals surface area contributed by atoms with Crippen LogP contribution in [0.1, 0.15) is 11.1 Å². The molecule has 0 fully saturated rings. The Morgan fingerprint density at radius 3 is 2.21 bits per heavy atom. The van der Waals surface area contributed by atoms with E-state index < -0.39 is 16.0 Å². The Balaban J connectivity index is 2.22. The van der Waals surface area contributed by atoms with Crippen LogP contribution in [0.3, 0.4) is 0 Å². The highest BCUT2D eigenvalue weighted by atomic mass is 32.2. The summed E-state index contributed by atoms with van der Waals surface area (Å²) in [6, 6.07) is 9.52. The fourth-order valence-electron chi connectivity index (χ4n) is 2.52. The van der Waals surface area contributed by atoms with Crippen molar-refractivity contribution in [2.75, 3.05) is 28.4 Å². The van der Waals surface area contributed by atoms with Crippen LogP contribution in [0.25, 0.3) is 6.08 Å². The van der Waals surface area contributed by atoms with E-state index in [0.29, 0.717) is 28.4 Å². The molecule has 8 nitrogen and oxygen atoms in total. The monoisotopic (exact) mass is 421 g/mol. The average Bonchev–Trinajstić information content (AvgIpc) is 2.75. The molecule has 0 unspecified atom stereocenters. The predicted octanol–water partition coefficient (Wildman–Crippen LogP) is 2.38. The predicted molar refractivity (Wildman–Crippen MR) is 108 cm³/mol. The van der Waals surface area contributed by atoms with Crippen LogP contribution in [-0.2, 0) is 26.1 Å². The first-order chi connectivity index (χ1) is 13.8. The maximum absolute atomic E-state index is 12.7. The second kappa shape index (κ2) is 9.94. The number of benzene rings is 2. The van der Waals surface area contributed by atoms with Gasteiger partial charge in [0.2, 0.25) is 15.8 Å². The molecule has 2 rings (SSSR count). The van der Waals surface area contributed by atoms with Gasteiger partial charge in [-0.3, -0.25) is 0 Å². The van der Waals surface area contributed by atoms with Gasteiger partial charge in [-0.05, 0) is 41.5 Å². The minimum atomic E-state index is -3.79. The first-order valence-corrected chi connectivity index (χ1v) is 9.97. The molecule has 0 aliphatic carbocycles. The van der Waals surface area contributed by atoms with E-state index in [0.717, 1.165) is 0 Å². The molecule has 0 spiro atoms. The lowest BCUT2D eigenvalue weighted by Gasteiger charge is -2.14. The van der Waals surface area contributed by atoms with Crippen LogP contribution in [0.15, 0.2) is 47.4 Å². The summed E-state index contributed by atoms with van der Waals surface area (Å²) in [6.07, 6.45) is 2.69. The highest BCUT2D eigenvalue weighted by Crippen LogP contribution is 2.38. The third-order valence-electron chi connectivity index (χ3n) is 3.97. The number of hydrogen-bond acceptors (Lipinski definition) is 7. The molecular weight excluding hydrogens is 398 g/mol. The standard InChI is InChI=1S/C20H23NO7S/c1-25-17-11-15(12-18(26-2)20(17)28-4)13-21-29(23,24)16-7-5-6-14(10-16)8-9-19(22)27-3/h5-12,21H,13H2,1-4H3. The molecule has 2 aromatic rings. The van der Waals surface area contributed by atoms with E-state index in [1.165, 1.54) is 52.7 Å². The van der Waals surface area contributed by atoms with Crippen LogP contribution in [-0.4, -0.2) is 42.8 Å². The van der Waals surface area contributed by atoms with Gasteiger partial charge in [0.05, 0.1) is 33.3 Å². The summed E-state index contributed by atoms with van der Waals surface area (Å²) in [5, 5.41) is 0. The number of hydrogen-bond donors (Lipinski definition) is 1. The maximum Gasteiger partial charge on any atom is 0.330 e. The summed E-state index contributed by atoms with van der Waals surface area (Å²) in [5.74, 6) is 0.748. The second-order valence-corrected chi connectivity index (χ2v) is 7.55. The summed E-state index contributed by atoms with van der Waals surface area (Å²) < 4.78 is 48.2. The summed E-state index contributed by atoms with van der Waals surface area (Å²) in [7, 11) is 1.93. The summed E-state index contributed by atoms with van der Waals surface area (Å²) in [6.45, 7) is 0.0152. The largest absolute Gasteiger partial charge is 0.493 e. The molecule has 1 N–H and O–H groups in total. The smallest absolute Gasteiger partial charge is 0.330 e. The van der Waals surface area contributed by atoms with Crippen LogP contribution in [0.2, 0.25) is 0 Å². The molecule has 0 saturated carbocycles. The number of sulfonamides is 1. The van der Waals surface area contributed by atoms with Crippen LogP contribution in [0.4, 0.5) is 0 Å². The fourth-order valence-corrected chi connectivity index (χ4v) is 3.59. The van der Waals surface area contributed by atoms with Crippen molar-refractivity contribution in [2.45, 2.75) is 11.4 Å². The van der Waals surface area contributed by atoms with Gasteiger partial charge in [-0.1, -0.05) is 12.1 Å². The molecule has 29 heavy (non-hydrogen) atoms. The van der Waals surface area contributed by atoms with Gasteiger partial charge < -0.3 is 18.9 Å². The number of esters is 1. The molecule has 0 aliphatic heterocycles. The second-order valence-electron chi connectivity index (χ2n) is 5.79. The molecule has 0 amide bonds. The quantitative estimate of drug-likeness (QED) is 0.490. The van der Waals surface area contributed by atoms with E-state index >= 15 is 0 Å². The van der Waals surface area contributed by atoms with Crippen molar-refractivity contribution in [3.05, 3.63) is 53.6 Å².